The molecule has 0 aromatic carbocycles. The van der Waals surface area contributed by atoms with Gasteiger partial charge in [0.2, 0.25) is 0 Å². The van der Waals surface area contributed by atoms with Gasteiger partial charge in [-0.15, -0.1) is 0 Å². The Morgan fingerprint density at radius 2 is 2.06 bits per heavy atom. The van der Waals surface area contributed by atoms with Crippen LogP contribution in [0.4, 0.5) is 5.82 Å². The van der Waals surface area contributed by atoms with E-state index in [1.807, 2.05) is 25.4 Å². The number of ether oxygens (including phenoxy) is 1. The fraction of sp³-hybridized carbons (Fsp3) is 0.417. The van der Waals surface area contributed by atoms with Crippen LogP contribution in [0.1, 0.15) is 23.2 Å². The van der Waals surface area contributed by atoms with Gasteiger partial charge >= 0.3 is 0 Å². The highest BCUT2D eigenvalue weighted by atomic mass is 16.5. The minimum atomic E-state index is -0.126. The number of morpholine rings is 1. The van der Waals surface area contributed by atoms with Crippen molar-refractivity contribution in [2.75, 3.05) is 45.2 Å². The number of carbonyl (C=O) groups excluding carboxylic acids is 1. The van der Waals surface area contributed by atoms with E-state index in [4.69, 9.17) is 9.72 Å². The predicted molar refractivity (Wildman–Crippen MR) is 129 cm³/mol. The molecule has 10 nitrogen and oxygen atoms in total. The lowest BCUT2D eigenvalue weighted by molar-refractivity contribution is 0.0365. The number of hydrogen-bond acceptors (Lipinski definition) is 7. The zero-order valence-electron chi connectivity index (χ0n) is 19.2. The molecule has 1 saturated heterocycles. The molecule has 1 aliphatic carbocycles. The van der Waals surface area contributed by atoms with E-state index in [0.717, 1.165) is 80.3 Å². The van der Waals surface area contributed by atoms with Crippen molar-refractivity contribution < 1.29 is 9.53 Å². The van der Waals surface area contributed by atoms with E-state index in [1.165, 1.54) is 0 Å². The summed E-state index contributed by atoms with van der Waals surface area (Å²) in [6, 6.07) is 6.26. The van der Waals surface area contributed by atoms with E-state index in [0.29, 0.717) is 11.2 Å². The number of rotatable bonds is 7. The number of nitrogens with one attached hydrogen (secondary N) is 2. The van der Waals surface area contributed by atoms with E-state index in [1.54, 1.807) is 10.7 Å². The molecule has 1 saturated carbocycles. The lowest BCUT2D eigenvalue weighted by Crippen LogP contribution is -2.38. The van der Waals surface area contributed by atoms with Crippen LogP contribution in [0.25, 0.3) is 27.9 Å². The molecule has 10 heteroatoms. The third-order valence-corrected chi connectivity index (χ3v) is 6.56. The Kier molecular flexibility index (Phi) is 5.39. The molecule has 176 valence electrons. The molecular weight excluding hydrogens is 432 g/mol. The van der Waals surface area contributed by atoms with Crippen LogP contribution in [0.5, 0.6) is 0 Å². The van der Waals surface area contributed by atoms with Gasteiger partial charge in [0, 0.05) is 68.7 Å². The summed E-state index contributed by atoms with van der Waals surface area (Å²) < 4.78 is 9.35. The molecule has 34 heavy (non-hydrogen) atoms. The molecule has 0 atom stereocenters. The summed E-state index contributed by atoms with van der Waals surface area (Å²) in [7, 11) is 1.84. The Hall–Kier alpha value is -3.50. The predicted octanol–water partition coefficient (Wildman–Crippen LogP) is 2.01. The maximum Gasteiger partial charge on any atom is 0.256 e. The standard InChI is InChI=1S/C24H28N8O2/c1-25-21-13-20(29-23-18(14-27-32(21)23)24(33)28-16-4-5-16)19-15-31(22-17(19)3-2-6-26-22)8-7-30-9-11-34-12-10-30/h2-3,6,13-16,25H,4-5,7-12H2,1H3,(H,28,33). The highest BCUT2D eigenvalue weighted by Crippen LogP contribution is 2.31. The van der Waals surface area contributed by atoms with Crippen LogP contribution in [-0.2, 0) is 11.3 Å². The van der Waals surface area contributed by atoms with Gasteiger partial charge in [-0.2, -0.15) is 9.61 Å². The van der Waals surface area contributed by atoms with Crippen molar-refractivity contribution in [1.82, 2.24) is 34.4 Å². The van der Waals surface area contributed by atoms with Crippen molar-refractivity contribution in [3.05, 3.63) is 42.4 Å². The quantitative estimate of drug-likeness (QED) is 0.435. The van der Waals surface area contributed by atoms with Crippen molar-refractivity contribution in [1.29, 1.82) is 0 Å². The number of anilines is 1. The molecule has 0 radical (unpaired) electrons. The number of hydrogen-bond donors (Lipinski definition) is 2. The lowest BCUT2D eigenvalue weighted by Gasteiger charge is -2.26. The molecule has 0 unspecified atom stereocenters. The highest BCUT2D eigenvalue weighted by molar-refractivity contribution is 6.01. The van der Waals surface area contributed by atoms with Gasteiger partial charge in [-0.1, -0.05) is 0 Å². The monoisotopic (exact) mass is 460 g/mol. The van der Waals surface area contributed by atoms with Crippen molar-refractivity contribution in [2.24, 2.45) is 0 Å². The first-order valence-electron chi connectivity index (χ1n) is 11.8. The van der Waals surface area contributed by atoms with Crippen LogP contribution in [0.2, 0.25) is 0 Å². The number of pyridine rings is 1. The molecule has 2 aliphatic rings. The van der Waals surface area contributed by atoms with E-state index in [2.05, 4.69) is 42.4 Å². The highest BCUT2D eigenvalue weighted by Gasteiger charge is 2.26. The van der Waals surface area contributed by atoms with Gasteiger partial charge < -0.3 is 19.9 Å². The molecule has 2 fully saturated rings. The molecular formula is C24H28N8O2. The molecule has 2 N–H and O–H groups in total. The fourth-order valence-corrected chi connectivity index (χ4v) is 4.50. The molecule has 0 bridgehead atoms. The first-order chi connectivity index (χ1) is 16.7. The van der Waals surface area contributed by atoms with Gasteiger partial charge in [0.05, 0.1) is 25.1 Å². The average molecular weight is 461 g/mol. The van der Waals surface area contributed by atoms with Crippen molar-refractivity contribution in [2.45, 2.75) is 25.4 Å². The summed E-state index contributed by atoms with van der Waals surface area (Å²) >= 11 is 0. The van der Waals surface area contributed by atoms with E-state index in [-0.39, 0.29) is 11.9 Å². The largest absolute Gasteiger partial charge is 0.379 e. The van der Waals surface area contributed by atoms with Crippen LogP contribution < -0.4 is 10.6 Å². The second kappa shape index (κ2) is 8.69. The van der Waals surface area contributed by atoms with Crippen molar-refractivity contribution in [3.8, 4) is 11.3 Å². The maximum absolute atomic E-state index is 12.8. The maximum atomic E-state index is 12.8. The fourth-order valence-electron chi connectivity index (χ4n) is 4.50. The zero-order chi connectivity index (χ0) is 23.1. The van der Waals surface area contributed by atoms with Crippen LogP contribution >= 0.6 is 0 Å². The second-order valence-corrected chi connectivity index (χ2v) is 8.88. The number of nitrogens with zero attached hydrogens (tertiary/aromatic N) is 6. The topological polar surface area (TPSA) is 102 Å². The van der Waals surface area contributed by atoms with Gasteiger partial charge in [-0.25, -0.2) is 9.97 Å². The zero-order valence-corrected chi connectivity index (χ0v) is 19.2. The van der Waals surface area contributed by atoms with E-state index >= 15 is 0 Å². The van der Waals surface area contributed by atoms with E-state index in [9.17, 15) is 4.79 Å². The van der Waals surface area contributed by atoms with Crippen LogP contribution in [0.15, 0.2) is 36.8 Å². The molecule has 1 aliphatic heterocycles. The van der Waals surface area contributed by atoms with Gasteiger partial charge in [-0.3, -0.25) is 9.69 Å². The van der Waals surface area contributed by atoms with Gasteiger partial charge in [0.15, 0.2) is 5.65 Å². The third kappa shape index (κ3) is 3.88. The number of fused-ring (bicyclic) bond motifs is 2. The lowest BCUT2D eigenvalue weighted by atomic mass is 10.1. The van der Waals surface area contributed by atoms with Gasteiger partial charge in [0.1, 0.15) is 17.0 Å². The normalized spacial score (nSPS) is 16.9. The molecule has 5 heterocycles. The summed E-state index contributed by atoms with van der Waals surface area (Å²) in [6.07, 6.45) is 7.60. The minimum absolute atomic E-state index is 0.126. The van der Waals surface area contributed by atoms with Crippen LogP contribution in [0.3, 0.4) is 0 Å². The number of aromatic nitrogens is 5. The Balaban J connectivity index is 1.40. The summed E-state index contributed by atoms with van der Waals surface area (Å²) in [6.45, 7) is 5.25. The molecule has 4 aromatic heterocycles. The Morgan fingerprint density at radius 3 is 2.85 bits per heavy atom. The molecule has 0 spiro atoms. The number of carbonyl (C=O) groups is 1. The van der Waals surface area contributed by atoms with Gasteiger partial charge in [-0.05, 0) is 25.0 Å². The summed E-state index contributed by atoms with van der Waals surface area (Å²) in [5.74, 6) is 0.641. The van der Waals surface area contributed by atoms with E-state index < -0.39 is 0 Å². The minimum Gasteiger partial charge on any atom is -0.379 e. The Morgan fingerprint density at radius 1 is 1.21 bits per heavy atom. The van der Waals surface area contributed by atoms with Crippen LogP contribution in [0, 0.1) is 0 Å². The number of amides is 1. The van der Waals surface area contributed by atoms with Crippen molar-refractivity contribution >= 4 is 28.4 Å². The summed E-state index contributed by atoms with van der Waals surface area (Å²) in [5, 5.41) is 11.7. The molecule has 1 amide bonds. The average Bonchev–Trinajstić information content (AvgIpc) is 3.46. The first-order valence-corrected chi connectivity index (χ1v) is 11.8. The SMILES string of the molecule is CNc1cc(-c2cn(CCN3CCOCC3)c3ncccc23)nc2c(C(=O)NC3CC3)cnn12. The Bertz CT molecular complexity index is 1350. The molecule has 6 rings (SSSR count). The van der Waals surface area contributed by atoms with Crippen LogP contribution in [-0.4, -0.2) is 80.9 Å². The van der Waals surface area contributed by atoms with Gasteiger partial charge in [0.25, 0.3) is 5.91 Å². The summed E-state index contributed by atoms with van der Waals surface area (Å²) in [4.78, 5) is 24.8. The van der Waals surface area contributed by atoms with Crippen molar-refractivity contribution in [3.63, 3.8) is 0 Å². The third-order valence-electron chi connectivity index (χ3n) is 6.56. The second-order valence-electron chi connectivity index (χ2n) is 8.88. The molecule has 4 aromatic rings. The summed E-state index contributed by atoms with van der Waals surface area (Å²) in [5.41, 5.74) is 3.72. The smallest absolute Gasteiger partial charge is 0.256 e. The first kappa shape index (κ1) is 21.1. The Labute approximate surface area is 196 Å².